The van der Waals surface area contributed by atoms with Crippen molar-refractivity contribution >= 4 is 66.5 Å². The van der Waals surface area contributed by atoms with Gasteiger partial charge in [-0.25, -0.2) is 14.4 Å². The predicted molar refractivity (Wildman–Crippen MR) is 98.7 cm³/mol. The van der Waals surface area contributed by atoms with E-state index in [2.05, 4.69) is 47.1 Å². The molecule has 0 atom stereocenters. The molecule has 3 aromatic rings. The van der Waals surface area contributed by atoms with Gasteiger partial charge in [0.05, 0.1) is 12.2 Å². The number of carbonyl (C=O) groups excluding carboxylic acids is 1. The van der Waals surface area contributed by atoms with Crippen LogP contribution in [0.15, 0.2) is 42.9 Å². The molecule has 0 spiro atoms. The highest BCUT2D eigenvalue weighted by molar-refractivity contribution is 9.11. The molecule has 0 unspecified atom stereocenters. The van der Waals surface area contributed by atoms with E-state index in [1.165, 1.54) is 23.5 Å². The number of thiazole rings is 2. The van der Waals surface area contributed by atoms with Gasteiger partial charge in [0.2, 0.25) is 0 Å². The molecule has 3 rings (SSSR count). The Kier molecular flexibility index (Phi) is 7.28. The number of aldehydes is 1. The molecule has 0 fully saturated rings. The van der Waals surface area contributed by atoms with E-state index in [0.29, 0.717) is 12.2 Å². The molecule has 0 amide bonds. The fraction of sp³-hybridized carbons (Fsp3) is 0.0714. The van der Waals surface area contributed by atoms with Gasteiger partial charge in [0.25, 0.3) is 0 Å². The quantitative estimate of drug-likeness (QED) is 0.512. The average molecular weight is 479 g/mol. The van der Waals surface area contributed by atoms with Gasteiger partial charge in [-0.15, -0.1) is 22.7 Å². The lowest BCUT2D eigenvalue weighted by Gasteiger charge is -2.03. The van der Waals surface area contributed by atoms with E-state index in [1.54, 1.807) is 28.8 Å². The Hall–Kier alpha value is -1.16. The Morgan fingerprint density at radius 1 is 1.09 bits per heavy atom. The van der Waals surface area contributed by atoms with Gasteiger partial charge in [-0.3, -0.25) is 4.79 Å². The Morgan fingerprint density at radius 2 is 1.74 bits per heavy atom. The molecular weight excluding hydrogens is 469 g/mol. The van der Waals surface area contributed by atoms with Crippen molar-refractivity contribution < 1.29 is 9.18 Å². The zero-order valence-electron chi connectivity index (χ0n) is 11.5. The van der Waals surface area contributed by atoms with Crippen molar-refractivity contribution in [1.29, 1.82) is 0 Å². The first kappa shape index (κ1) is 18.2. The van der Waals surface area contributed by atoms with Gasteiger partial charge in [-0.05, 0) is 56.1 Å². The van der Waals surface area contributed by atoms with Crippen LogP contribution in [0.25, 0.3) is 0 Å². The largest absolute Gasteiger partial charge is 0.379 e. The SMILES string of the molecule is Fc1ccc(NCc2csc(Br)n2)cc1.O=Cc1csc(Br)n1. The minimum atomic E-state index is -0.225. The Balaban J connectivity index is 0.000000203. The van der Waals surface area contributed by atoms with Gasteiger partial charge in [0.15, 0.2) is 14.1 Å². The minimum Gasteiger partial charge on any atom is -0.379 e. The van der Waals surface area contributed by atoms with Crippen LogP contribution in [-0.2, 0) is 6.54 Å². The van der Waals surface area contributed by atoms with Crippen LogP contribution < -0.4 is 5.32 Å². The zero-order chi connectivity index (χ0) is 16.7. The lowest BCUT2D eigenvalue weighted by molar-refractivity contribution is 0.111. The van der Waals surface area contributed by atoms with E-state index >= 15 is 0 Å². The lowest BCUT2D eigenvalue weighted by atomic mass is 10.3. The van der Waals surface area contributed by atoms with E-state index in [4.69, 9.17) is 0 Å². The number of nitrogens with zero attached hydrogens (tertiary/aromatic N) is 2. The van der Waals surface area contributed by atoms with Crippen LogP contribution >= 0.6 is 54.5 Å². The summed E-state index contributed by atoms with van der Waals surface area (Å²) in [6, 6.07) is 6.27. The third-order valence-corrected chi connectivity index (χ3v) is 5.25. The second-order valence-corrected chi connectivity index (χ2v) is 8.36. The summed E-state index contributed by atoms with van der Waals surface area (Å²) in [4.78, 5) is 18.0. The number of halogens is 3. The van der Waals surface area contributed by atoms with Crippen LogP contribution in [0.4, 0.5) is 10.1 Å². The first-order valence-corrected chi connectivity index (χ1v) is 9.57. The van der Waals surface area contributed by atoms with Gasteiger partial charge >= 0.3 is 0 Å². The molecule has 0 saturated heterocycles. The van der Waals surface area contributed by atoms with Crippen molar-refractivity contribution in [3.8, 4) is 0 Å². The fourth-order valence-electron chi connectivity index (χ4n) is 1.44. The highest BCUT2D eigenvalue weighted by Gasteiger charge is 1.99. The maximum absolute atomic E-state index is 12.6. The van der Waals surface area contributed by atoms with Gasteiger partial charge in [-0.1, -0.05) is 0 Å². The number of rotatable bonds is 4. The summed E-state index contributed by atoms with van der Waals surface area (Å²) in [6.45, 7) is 0.647. The molecule has 0 aliphatic carbocycles. The number of aromatic nitrogens is 2. The van der Waals surface area contributed by atoms with Gasteiger partial charge in [0, 0.05) is 16.4 Å². The van der Waals surface area contributed by atoms with E-state index in [9.17, 15) is 9.18 Å². The maximum atomic E-state index is 12.6. The molecule has 0 bridgehead atoms. The Morgan fingerprint density at radius 3 is 2.22 bits per heavy atom. The van der Waals surface area contributed by atoms with Crippen LogP contribution in [0.3, 0.4) is 0 Å². The number of hydrogen-bond acceptors (Lipinski definition) is 6. The van der Waals surface area contributed by atoms with Crippen molar-refractivity contribution in [3.63, 3.8) is 0 Å². The molecule has 0 radical (unpaired) electrons. The molecule has 0 aliphatic heterocycles. The summed E-state index contributed by atoms with van der Waals surface area (Å²) in [6.07, 6.45) is 0.723. The molecule has 9 heteroatoms. The standard InChI is InChI=1S/C10H8BrFN2S.C4H2BrNOS/c11-10-14-9(6-15-10)5-13-8-3-1-7(12)2-4-8;5-4-6-3(1-7)2-8-4/h1-4,6,13H,5H2;1-2H. The first-order chi connectivity index (χ1) is 11.1. The number of anilines is 1. The van der Waals surface area contributed by atoms with Crippen molar-refractivity contribution in [3.05, 3.63) is 60.1 Å². The second-order valence-electron chi connectivity index (χ2n) is 4.10. The van der Waals surface area contributed by atoms with Gasteiger partial charge in [0.1, 0.15) is 11.5 Å². The number of hydrogen-bond donors (Lipinski definition) is 1. The van der Waals surface area contributed by atoms with Crippen LogP contribution in [0.5, 0.6) is 0 Å². The van der Waals surface area contributed by atoms with Gasteiger partial charge in [-0.2, -0.15) is 0 Å². The third kappa shape index (κ3) is 6.46. The minimum absolute atomic E-state index is 0.225. The van der Waals surface area contributed by atoms with Crippen molar-refractivity contribution in [1.82, 2.24) is 9.97 Å². The van der Waals surface area contributed by atoms with Crippen LogP contribution in [0, 0.1) is 5.82 Å². The molecule has 0 aliphatic rings. The summed E-state index contributed by atoms with van der Waals surface area (Å²) < 4.78 is 14.2. The summed E-state index contributed by atoms with van der Waals surface area (Å²) in [5.41, 5.74) is 2.35. The Bertz CT molecular complexity index is 761. The second kappa shape index (κ2) is 9.21. The smallest absolute Gasteiger partial charge is 0.169 e. The molecule has 4 nitrogen and oxygen atoms in total. The maximum Gasteiger partial charge on any atom is 0.169 e. The molecule has 23 heavy (non-hydrogen) atoms. The third-order valence-electron chi connectivity index (χ3n) is 2.46. The monoisotopic (exact) mass is 477 g/mol. The van der Waals surface area contributed by atoms with Crippen molar-refractivity contribution in [2.45, 2.75) is 6.54 Å². The number of benzene rings is 1. The van der Waals surface area contributed by atoms with Crippen molar-refractivity contribution in [2.75, 3.05) is 5.32 Å². The molecule has 1 aromatic carbocycles. The van der Waals surface area contributed by atoms with Crippen LogP contribution in [-0.4, -0.2) is 16.3 Å². The molecule has 2 heterocycles. The molecule has 2 aromatic heterocycles. The van der Waals surface area contributed by atoms with Gasteiger partial charge < -0.3 is 5.32 Å². The van der Waals surface area contributed by atoms with E-state index in [0.717, 1.165) is 25.5 Å². The highest BCUT2D eigenvalue weighted by atomic mass is 79.9. The van der Waals surface area contributed by atoms with E-state index in [1.807, 2.05) is 5.38 Å². The molecule has 120 valence electrons. The average Bonchev–Trinajstić information content (AvgIpc) is 3.15. The number of nitrogens with one attached hydrogen (secondary N) is 1. The summed E-state index contributed by atoms with van der Waals surface area (Å²) in [5, 5.41) is 6.82. The van der Waals surface area contributed by atoms with E-state index in [-0.39, 0.29) is 5.82 Å². The molecule has 0 saturated carbocycles. The molecular formula is C14H10Br2FN3OS2. The van der Waals surface area contributed by atoms with E-state index < -0.39 is 0 Å². The number of carbonyl (C=O) groups is 1. The first-order valence-electron chi connectivity index (χ1n) is 6.22. The molecule has 1 N–H and O–H groups in total. The predicted octanol–water partition coefficient (Wildman–Crippen LogP) is 5.37. The van der Waals surface area contributed by atoms with Crippen LogP contribution in [0.1, 0.15) is 16.2 Å². The zero-order valence-corrected chi connectivity index (χ0v) is 16.3. The highest BCUT2D eigenvalue weighted by Crippen LogP contribution is 2.17. The summed E-state index contributed by atoms with van der Waals surface area (Å²) >= 11 is 9.37. The Labute approximate surface area is 157 Å². The fourth-order valence-corrected chi connectivity index (χ4v) is 3.46. The topological polar surface area (TPSA) is 54.9 Å². The lowest BCUT2D eigenvalue weighted by Crippen LogP contribution is -1.99. The summed E-state index contributed by atoms with van der Waals surface area (Å²) in [5.74, 6) is -0.225. The normalized spacial score (nSPS) is 9.87. The van der Waals surface area contributed by atoms with Crippen molar-refractivity contribution in [2.24, 2.45) is 0 Å². The van der Waals surface area contributed by atoms with Crippen LogP contribution in [0.2, 0.25) is 0 Å². The summed E-state index contributed by atoms with van der Waals surface area (Å²) in [7, 11) is 0.